The molecule has 0 bridgehead atoms. The van der Waals surface area contributed by atoms with E-state index in [9.17, 15) is 13.2 Å². The lowest BCUT2D eigenvalue weighted by molar-refractivity contribution is -0.136. The maximum absolute atomic E-state index is 12.8. The maximum Gasteiger partial charge on any atom is 0.418 e. The Labute approximate surface area is 124 Å². The van der Waals surface area contributed by atoms with E-state index >= 15 is 0 Å². The van der Waals surface area contributed by atoms with Crippen LogP contribution in [0.1, 0.15) is 5.56 Å². The van der Waals surface area contributed by atoms with Crippen LogP contribution in [0, 0.1) is 0 Å². The molecule has 0 atom stereocenters. The van der Waals surface area contributed by atoms with Gasteiger partial charge >= 0.3 is 6.18 Å². The van der Waals surface area contributed by atoms with Crippen LogP contribution in [0.15, 0.2) is 36.4 Å². The molecule has 0 saturated heterocycles. The van der Waals surface area contributed by atoms with E-state index in [2.05, 4.69) is 5.32 Å². The number of rotatable bonds is 3. The number of hydrogen-bond donors (Lipinski definition) is 2. The number of methoxy groups -OCH3 is 1. The van der Waals surface area contributed by atoms with E-state index in [0.29, 0.717) is 16.5 Å². The number of halogens is 4. The molecule has 0 saturated carbocycles. The molecule has 0 radical (unpaired) electrons. The van der Waals surface area contributed by atoms with Gasteiger partial charge in [-0.05, 0) is 24.3 Å². The predicted molar refractivity (Wildman–Crippen MR) is 77.1 cm³/mol. The number of nitrogen functional groups attached to an aromatic ring is 1. The van der Waals surface area contributed by atoms with Crippen molar-refractivity contribution in [3.05, 3.63) is 47.0 Å². The summed E-state index contributed by atoms with van der Waals surface area (Å²) >= 11 is 6.03. The van der Waals surface area contributed by atoms with Crippen LogP contribution in [0.25, 0.3) is 0 Å². The van der Waals surface area contributed by atoms with Gasteiger partial charge in [-0.1, -0.05) is 17.7 Å². The molecule has 112 valence electrons. The molecule has 0 aliphatic heterocycles. The van der Waals surface area contributed by atoms with E-state index in [0.717, 1.165) is 6.07 Å². The van der Waals surface area contributed by atoms with Crippen molar-refractivity contribution < 1.29 is 17.9 Å². The van der Waals surface area contributed by atoms with E-state index in [1.807, 2.05) is 0 Å². The number of nitrogens with one attached hydrogen (secondary N) is 1. The quantitative estimate of drug-likeness (QED) is 0.807. The Morgan fingerprint density at radius 1 is 1.14 bits per heavy atom. The van der Waals surface area contributed by atoms with Gasteiger partial charge in [0.1, 0.15) is 5.75 Å². The van der Waals surface area contributed by atoms with Crippen LogP contribution in [-0.2, 0) is 6.18 Å². The molecule has 0 unspecified atom stereocenters. The number of anilines is 3. The molecule has 0 spiro atoms. The fraction of sp³-hybridized carbons (Fsp3) is 0.143. The van der Waals surface area contributed by atoms with Crippen molar-refractivity contribution >= 4 is 28.7 Å². The van der Waals surface area contributed by atoms with Crippen LogP contribution in [0.4, 0.5) is 30.2 Å². The summed E-state index contributed by atoms with van der Waals surface area (Å²) in [6.07, 6.45) is -4.51. The smallest absolute Gasteiger partial charge is 0.418 e. The molecule has 0 aliphatic carbocycles. The topological polar surface area (TPSA) is 47.3 Å². The first-order valence-corrected chi connectivity index (χ1v) is 6.27. The second-order valence-electron chi connectivity index (χ2n) is 4.24. The summed E-state index contributed by atoms with van der Waals surface area (Å²) in [5.74, 6) is 0.544. The zero-order valence-electron chi connectivity index (χ0n) is 11.0. The lowest BCUT2D eigenvalue weighted by atomic mass is 10.1. The molecule has 0 aromatic heterocycles. The van der Waals surface area contributed by atoms with Crippen LogP contribution in [0.5, 0.6) is 5.75 Å². The van der Waals surface area contributed by atoms with E-state index in [-0.39, 0.29) is 11.4 Å². The highest BCUT2D eigenvalue weighted by Gasteiger charge is 2.33. The summed E-state index contributed by atoms with van der Waals surface area (Å²) in [5, 5.41) is 3.10. The minimum Gasteiger partial charge on any atom is -0.497 e. The first-order valence-electron chi connectivity index (χ1n) is 5.89. The summed E-state index contributed by atoms with van der Waals surface area (Å²) in [4.78, 5) is 0. The molecule has 3 N–H and O–H groups in total. The second-order valence-corrected chi connectivity index (χ2v) is 4.64. The molecule has 0 fully saturated rings. The van der Waals surface area contributed by atoms with Crippen LogP contribution >= 0.6 is 11.6 Å². The van der Waals surface area contributed by atoms with Gasteiger partial charge in [-0.2, -0.15) is 13.2 Å². The Hall–Kier alpha value is -2.08. The Bertz CT molecular complexity index is 659. The van der Waals surface area contributed by atoms with Crippen molar-refractivity contribution in [3.63, 3.8) is 0 Å². The third-order valence-electron chi connectivity index (χ3n) is 2.86. The van der Waals surface area contributed by atoms with Gasteiger partial charge in [0.2, 0.25) is 0 Å². The summed E-state index contributed by atoms with van der Waals surface area (Å²) in [7, 11) is 1.49. The Morgan fingerprint density at radius 2 is 1.86 bits per heavy atom. The average molecular weight is 317 g/mol. The molecule has 21 heavy (non-hydrogen) atoms. The first kappa shape index (κ1) is 15.3. The van der Waals surface area contributed by atoms with Gasteiger partial charge in [0.05, 0.1) is 34.8 Å². The molecule has 0 heterocycles. The molecular formula is C14H12ClF3N2O. The zero-order valence-corrected chi connectivity index (χ0v) is 11.7. The number of nitrogens with two attached hydrogens (primary N) is 1. The van der Waals surface area contributed by atoms with Gasteiger partial charge < -0.3 is 15.8 Å². The van der Waals surface area contributed by atoms with Crippen molar-refractivity contribution in [2.24, 2.45) is 0 Å². The minimum atomic E-state index is -4.51. The highest BCUT2D eigenvalue weighted by atomic mass is 35.5. The Kier molecular flexibility index (Phi) is 4.18. The standard InChI is InChI=1S/C14H12ClF3N2O/c1-21-8-5-6-11(10(15)7-8)20-12-4-2-3-9(13(12)19)14(16,17)18/h2-7,20H,19H2,1H3. The average Bonchev–Trinajstić information content (AvgIpc) is 2.41. The fourth-order valence-corrected chi connectivity index (χ4v) is 2.01. The van der Waals surface area contributed by atoms with E-state index in [4.69, 9.17) is 22.1 Å². The highest BCUT2D eigenvalue weighted by molar-refractivity contribution is 6.33. The van der Waals surface area contributed by atoms with Gasteiger partial charge in [0.25, 0.3) is 0 Å². The summed E-state index contributed by atoms with van der Waals surface area (Å²) in [5.41, 5.74) is 4.87. The number of benzene rings is 2. The largest absolute Gasteiger partial charge is 0.497 e. The number of ether oxygens (including phenoxy) is 1. The fourth-order valence-electron chi connectivity index (χ4n) is 1.79. The van der Waals surface area contributed by atoms with Crippen molar-refractivity contribution in [2.45, 2.75) is 6.18 Å². The third kappa shape index (κ3) is 3.33. The van der Waals surface area contributed by atoms with Gasteiger partial charge in [-0.25, -0.2) is 0 Å². The normalized spacial score (nSPS) is 11.3. The molecule has 3 nitrogen and oxygen atoms in total. The monoisotopic (exact) mass is 316 g/mol. The molecule has 2 rings (SSSR count). The third-order valence-corrected chi connectivity index (χ3v) is 3.17. The molecule has 7 heteroatoms. The van der Waals surface area contributed by atoms with Gasteiger partial charge in [-0.15, -0.1) is 0 Å². The van der Waals surface area contributed by atoms with Crippen molar-refractivity contribution in [2.75, 3.05) is 18.2 Å². The number of para-hydroxylation sites is 1. The Morgan fingerprint density at radius 3 is 2.43 bits per heavy atom. The van der Waals surface area contributed by atoms with Crippen LogP contribution in [0.2, 0.25) is 5.02 Å². The van der Waals surface area contributed by atoms with Crippen LogP contribution in [0.3, 0.4) is 0 Å². The Balaban J connectivity index is 2.37. The molecule has 0 aliphatic rings. The zero-order chi connectivity index (χ0) is 15.6. The number of alkyl halides is 3. The summed E-state index contributed by atoms with van der Waals surface area (Å²) in [6.45, 7) is 0. The van der Waals surface area contributed by atoms with E-state index in [1.165, 1.54) is 19.2 Å². The number of hydrogen-bond acceptors (Lipinski definition) is 3. The molecule has 2 aromatic carbocycles. The SMILES string of the molecule is COc1ccc(Nc2cccc(C(F)(F)F)c2N)c(Cl)c1. The first-order chi connectivity index (χ1) is 9.82. The summed E-state index contributed by atoms with van der Waals surface area (Å²) in [6, 6.07) is 8.44. The summed E-state index contributed by atoms with van der Waals surface area (Å²) < 4.78 is 43.4. The van der Waals surface area contributed by atoms with Gasteiger partial charge in [0, 0.05) is 6.07 Å². The van der Waals surface area contributed by atoms with E-state index in [1.54, 1.807) is 18.2 Å². The molecule has 0 amide bonds. The van der Waals surface area contributed by atoms with Gasteiger partial charge in [0.15, 0.2) is 0 Å². The maximum atomic E-state index is 12.8. The lowest BCUT2D eigenvalue weighted by Gasteiger charge is -2.15. The molecule has 2 aromatic rings. The van der Waals surface area contributed by atoms with Gasteiger partial charge in [-0.3, -0.25) is 0 Å². The second kappa shape index (κ2) is 5.73. The van der Waals surface area contributed by atoms with Crippen molar-refractivity contribution in [1.82, 2.24) is 0 Å². The van der Waals surface area contributed by atoms with Crippen molar-refractivity contribution in [1.29, 1.82) is 0 Å². The van der Waals surface area contributed by atoms with Crippen LogP contribution < -0.4 is 15.8 Å². The van der Waals surface area contributed by atoms with E-state index < -0.39 is 11.7 Å². The predicted octanol–water partition coefficient (Wildman–Crippen LogP) is 4.69. The lowest BCUT2D eigenvalue weighted by Crippen LogP contribution is -2.10. The molecular weight excluding hydrogens is 305 g/mol. The highest BCUT2D eigenvalue weighted by Crippen LogP contribution is 2.38. The van der Waals surface area contributed by atoms with Crippen molar-refractivity contribution in [3.8, 4) is 5.75 Å². The van der Waals surface area contributed by atoms with Crippen LogP contribution in [-0.4, -0.2) is 7.11 Å². The minimum absolute atomic E-state index is 0.136.